The molecule has 0 aromatic carbocycles. The van der Waals surface area contributed by atoms with E-state index in [1.54, 1.807) is 7.11 Å². The van der Waals surface area contributed by atoms with Crippen LogP contribution in [0.3, 0.4) is 0 Å². The van der Waals surface area contributed by atoms with Gasteiger partial charge in [-0.15, -0.1) is 0 Å². The summed E-state index contributed by atoms with van der Waals surface area (Å²) in [5, 5.41) is 14.8. The van der Waals surface area contributed by atoms with Crippen LogP contribution in [0.5, 0.6) is 0 Å². The lowest BCUT2D eigenvalue weighted by molar-refractivity contribution is -0.199. The van der Waals surface area contributed by atoms with Crippen LogP contribution in [-0.2, 0) is 24.6 Å². The summed E-state index contributed by atoms with van der Waals surface area (Å²) in [6, 6.07) is 0. The van der Waals surface area contributed by atoms with Crippen LogP contribution in [0.4, 0.5) is 0 Å². The standard InChI is InChI=1S/C18H27N3O3/c1-20-13-6-4-3-5-12(13)16(19-20)17(23)21-9-7-18(8-10-21)14(22)11-15(18)24-2/h14-15,22H,3-11H2,1-2H3/t14-,15+/m1/s1. The Morgan fingerprint density at radius 1 is 1.29 bits per heavy atom. The molecule has 1 spiro atoms. The van der Waals surface area contributed by atoms with Crippen molar-refractivity contribution in [2.75, 3.05) is 20.2 Å². The minimum atomic E-state index is -0.290. The minimum Gasteiger partial charge on any atom is -0.392 e. The molecule has 2 aliphatic carbocycles. The molecular formula is C18H27N3O3. The summed E-state index contributed by atoms with van der Waals surface area (Å²) in [6.45, 7) is 1.36. The van der Waals surface area contributed by atoms with Crippen molar-refractivity contribution in [2.24, 2.45) is 12.5 Å². The molecule has 1 aromatic rings. The van der Waals surface area contributed by atoms with Crippen LogP contribution in [0.25, 0.3) is 0 Å². The molecule has 6 heteroatoms. The Labute approximate surface area is 142 Å². The van der Waals surface area contributed by atoms with Crippen LogP contribution >= 0.6 is 0 Å². The molecule has 2 atom stereocenters. The van der Waals surface area contributed by atoms with Gasteiger partial charge in [-0.1, -0.05) is 0 Å². The number of hydrogen-bond acceptors (Lipinski definition) is 4. The SMILES string of the molecule is CO[C@H]1C[C@@H](O)C12CCN(C(=O)c1nn(C)c3c1CCCC3)CC2. The number of carbonyl (C=O) groups excluding carboxylic acids is 1. The number of methoxy groups -OCH3 is 1. The maximum atomic E-state index is 13.0. The highest BCUT2D eigenvalue weighted by molar-refractivity contribution is 5.94. The zero-order valence-corrected chi connectivity index (χ0v) is 14.6. The Bertz CT molecular complexity index is 646. The number of rotatable bonds is 2. The van der Waals surface area contributed by atoms with Crippen molar-refractivity contribution in [3.8, 4) is 0 Å². The zero-order chi connectivity index (χ0) is 16.9. The molecule has 132 valence electrons. The summed E-state index contributed by atoms with van der Waals surface area (Å²) < 4.78 is 7.42. The topological polar surface area (TPSA) is 67.6 Å². The number of piperidine rings is 1. The predicted molar refractivity (Wildman–Crippen MR) is 88.8 cm³/mol. The lowest BCUT2D eigenvalue weighted by Gasteiger charge is -2.56. The molecule has 1 amide bonds. The van der Waals surface area contributed by atoms with Crippen molar-refractivity contribution < 1.29 is 14.6 Å². The fraction of sp³-hybridized carbons (Fsp3) is 0.778. The van der Waals surface area contributed by atoms with Gasteiger partial charge in [-0.05, 0) is 38.5 Å². The highest BCUT2D eigenvalue weighted by Crippen LogP contribution is 2.50. The smallest absolute Gasteiger partial charge is 0.274 e. The number of aryl methyl sites for hydroxylation is 1. The Kier molecular flexibility index (Phi) is 3.92. The number of hydrogen-bond donors (Lipinski definition) is 1. The first-order valence-corrected chi connectivity index (χ1v) is 9.11. The van der Waals surface area contributed by atoms with Gasteiger partial charge in [0.1, 0.15) is 0 Å². The molecule has 1 saturated heterocycles. The predicted octanol–water partition coefficient (Wildman–Crippen LogP) is 1.30. The van der Waals surface area contributed by atoms with Crippen molar-refractivity contribution in [3.63, 3.8) is 0 Å². The van der Waals surface area contributed by atoms with Crippen LogP contribution in [-0.4, -0.2) is 58.1 Å². The third-order valence-corrected chi connectivity index (χ3v) is 6.58. The number of carbonyl (C=O) groups is 1. The van der Waals surface area contributed by atoms with E-state index in [0.29, 0.717) is 18.8 Å². The van der Waals surface area contributed by atoms with E-state index in [0.717, 1.165) is 44.1 Å². The number of nitrogens with zero attached hydrogens (tertiary/aromatic N) is 3. The van der Waals surface area contributed by atoms with Gasteiger partial charge >= 0.3 is 0 Å². The highest BCUT2D eigenvalue weighted by atomic mass is 16.5. The molecule has 0 radical (unpaired) electrons. The average Bonchev–Trinajstić information content (AvgIpc) is 2.96. The third kappa shape index (κ3) is 2.23. The number of aliphatic hydroxyl groups is 1. The van der Waals surface area contributed by atoms with E-state index in [2.05, 4.69) is 5.10 Å². The number of likely N-dealkylation sites (tertiary alicyclic amines) is 1. The highest BCUT2D eigenvalue weighted by Gasteiger charge is 2.56. The van der Waals surface area contributed by atoms with Crippen molar-refractivity contribution in [1.29, 1.82) is 0 Å². The van der Waals surface area contributed by atoms with Crippen molar-refractivity contribution in [3.05, 3.63) is 17.0 Å². The first kappa shape index (κ1) is 16.1. The van der Waals surface area contributed by atoms with E-state index >= 15 is 0 Å². The van der Waals surface area contributed by atoms with E-state index in [1.165, 1.54) is 12.1 Å². The van der Waals surface area contributed by atoms with Gasteiger partial charge in [0.05, 0.1) is 12.2 Å². The van der Waals surface area contributed by atoms with Crippen LogP contribution in [0, 0.1) is 5.41 Å². The van der Waals surface area contributed by atoms with Gasteiger partial charge in [0.2, 0.25) is 0 Å². The molecule has 1 saturated carbocycles. The van der Waals surface area contributed by atoms with Crippen LogP contribution in [0.2, 0.25) is 0 Å². The molecule has 0 bridgehead atoms. The quantitative estimate of drug-likeness (QED) is 0.886. The van der Waals surface area contributed by atoms with E-state index < -0.39 is 0 Å². The third-order valence-electron chi connectivity index (χ3n) is 6.58. The second-order valence-corrected chi connectivity index (χ2v) is 7.61. The Morgan fingerprint density at radius 3 is 2.67 bits per heavy atom. The number of aliphatic hydroxyl groups excluding tert-OH is 1. The van der Waals surface area contributed by atoms with Gasteiger partial charge in [-0.2, -0.15) is 5.10 Å². The summed E-state index contributed by atoms with van der Waals surface area (Å²) >= 11 is 0. The summed E-state index contributed by atoms with van der Waals surface area (Å²) in [5.74, 6) is 0.0615. The van der Waals surface area contributed by atoms with Gasteiger partial charge in [-0.25, -0.2) is 0 Å². The van der Waals surface area contributed by atoms with Crippen molar-refractivity contribution in [1.82, 2.24) is 14.7 Å². The molecule has 6 nitrogen and oxygen atoms in total. The second-order valence-electron chi connectivity index (χ2n) is 7.61. The summed E-state index contributed by atoms with van der Waals surface area (Å²) in [7, 11) is 3.66. The lowest BCUT2D eigenvalue weighted by atomic mass is 9.58. The first-order chi connectivity index (χ1) is 11.6. The van der Waals surface area contributed by atoms with Gasteiger partial charge in [-0.3, -0.25) is 9.48 Å². The maximum Gasteiger partial charge on any atom is 0.274 e. The van der Waals surface area contributed by atoms with E-state index in [1.807, 2.05) is 16.6 Å². The summed E-state index contributed by atoms with van der Waals surface area (Å²) in [4.78, 5) is 14.9. The summed E-state index contributed by atoms with van der Waals surface area (Å²) in [5.41, 5.74) is 2.90. The molecule has 4 rings (SSSR count). The molecule has 0 unspecified atom stereocenters. The second kappa shape index (κ2) is 5.85. The van der Waals surface area contributed by atoms with Gasteiger partial charge in [0.25, 0.3) is 5.91 Å². The van der Waals surface area contributed by atoms with Crippen LogP contribution < -0.4 is 0 Å². The molecule has 24 heavy (non-hydrogen) atoms. The fourth-order valence-electron chi connectivity index (χ4n) is 4.93. The van der Waals surface area contributed by atoms with Gasteiger partial charge < -0.3 is 14.7 Å². The van der Waals surface area contributed by atoms with Crippen LogP contribution in [0.15, 0.2) is 0 Å². The lowest BCUT2D eigenvalue weighted by Crippen LogP contribution is -2.62. The number of ether oxygens (including phenoxy) is 1. The Balaban J connectivity index is 1.49. The van der Waals surface area contributed by atoms with Gasteiger partial charge in [0, 0.05) is 50.3 Å². The first-order valence-electron chi connectivity index (χ1n) is 9.11. The molecule has 2 fully saturated rings. The fourth-order valence-corrected chi connectivity index (χ4v) is 4.93. The molecule has 1 aromatic heterocycles. The molecule has 3 aliphatic rings. The van der Waals surface area contributed by atoms with Crippen molar-refractivity contribution >= 4 is 5.91 Å². The largest absolute Gasteiger partial charge is 0.392 e. The van der Waals surface area contributed by atoms with E-state index in [-0.39, 0.29) is 23.5 Å². The number of aromatic nitrogens is 2. The van der Waals surface area contributed by atoms with Crippen molar-refractivity contribution in [2.45, 2.75) is 57.2 Å². The summed E-state index contributed by atoms with van der Waals surface area (Å²) in [6.07, 6.45) is 6.50. The van der Waals surface area contributed by atoms with Crippen LogP contribution in [0.1, 0.15) is 53.8 Å². The van der Waals surface area contributed by atoms with E-state index in [9.17, 15) is 9.90 Å². The zero-order valence-electron chi connectivity index (χ0n) is 14.6. The Hall–Kier alpha value is -1.40. The number of amides is 1. The molecule has 1 aliphatic heterocycles. The maximum absolute atomic E-state index is 13.0. The van der Waals surface area contributed by atoms with Gasteiger partial charge in [0.15, 0.2) is 5.69 Å². The minimum absolute atomic E-state index is 0.0615. The molecule has 1 N–H and O–H groups in total. The molecular weight excluding hydrogens is 306 g/mol. The monoisotopic (exact) mass is 333 g/mol. The Morgan fingerprint density at radius 2 is 2.00 bits per heavy atom. The average molecular weight is 333 g/mol. The molecule has 2 heterocycles. The normalized spacial score (nSPS) is 28.5. The van der Waals surface area contributed by atoms with E-state index in [4.69, 9.17) is 4.74 Å². The number of fused-ring (bicyclic) bond motifs is 1.